The first-order valence-corrected chi connectivity index (χ1v) is 10.4. The van der Waals surface area contributed by atoms with Crippen LogP contribution in [0.1, 0.15) is 25.7 Å². The first-order valence-electron chi connectivity index (χ1n) is 9.21. The number of carbonyl (C=O) groups is 2. The third-order valence-electron chi connectivity index (χ3n) is 4.48. The minimum Gasteiger partial charge on any atom is -0.267 e. The lowest BCUT2D eigenvalue weighted by atomic mass is 10.2. The number of hydrogen-bond donors (Lipinski definition) is 2. The third kappa shape index (κ3) is 4.35. The van der Waals surface area contributed by atoms with E-state index in [4.69, 9.17) is 11.6 Å². The molecule has 2 aromatic heterocycles. The van der Waals surface area contributed by atoms with Crippen LogP contribution < -0.4 is 10.9 Å². The standard InChI is InChI=1S/C22H16ClFN4O2S/c1-13-19(20(23)28(27-13)16-5-3-2-4-6-16)22(30)26-25-21(29)18-12-11-17(31-18)14-7-9-15(24)10-8-14/h2-12H,1H3,(H,25,29)(H,26,30). The summed E-state index contributed by atoms with van der Waals surface area (Å²) in [5.41, 5.74) is 6.88. The molecule has 4 rings (SSSR count). The van der Waals surface area contributed by atoms with E-state index in [1.165, 1.54) is 28.2 Å². The minimum atomic E-state index is -0.576. The summed E-state index contributed by atoms with van der Waals surface area (Å²) < 4.78 is 14.6. The van der Waals surface area contributed by atoms with Crippen LogP contribution in [-0.2, 0) is 0 Å². The van der Waals surface area contributed by atoms with Crippen molar-refractivity contribution in [3.05, 3.63) is 93.8 Å². The molecule has 0 aliphatic heterocycles. The predicted octanol–water partition coefficient (Wildman–Crippen LogP) is 4.78. The minimum absolute atomic E-state index is 0.144. The van der Waals surface area contributed by atoms with Gasteiger partial charge in [0.15, 0.2) is 0 Å². The van der Waals surface area contributed by atoms with Gasteiger partial charge in [0.1, 0.15) is 16.5 Å². The molecule has 0 aliphatic rings. The number of aromatic nitrogens is 2. The second kappa shape index (κ2) is 8.71. The van der Waals surface area contributed by atoms with Crippen molar-refractivity contribution < 1.29 is 14.0 Å². The Bertz CT molecular complexity index is 1250. The number of nitrogens with zero attached hydrogens (tertiary/aromatic N) is 2. The van der Waals surface area contributed by atoms with Gasteiger partial charge >= 0.3 is 0 Å². The van der Waals surface area contributed by atoms with E-state index in [0.717, 1.165) is 10.4 Å². The zero-order valence-corrected chi connectivity index (χ0v) is 17.8. The number of rotatable bonds is 4. The monoisotopic (exact) mass is 454 g/mol. The van der Waals surface area contributed by atoms with Crippen molar-refractivity contribution in [2.45, 2.75) is 6.92 Å². The Hall–Kier alpha value is -3.49. The van der Waals surface area contributed by atoms with Crippen LogP contribution >= 0.6 is 22.9 Å². The maximum Gasteiger partial charge on any atom is 0.279 e. The molecule has 0 saturated carbocycles. The first-order chi connectivity index (χ1) is 14.9. The Labute approximate surface area is 186 Å². The van der Waals surface area contributed by atoms with Gasteiger partial charge in [0.2, 0.25) is 0 Å². The van der Waals surface area contributed by atoms with Crippen molar-refractivity contribution in [1.29, 1.82) is 0 Å². The van der Waals surface area contributed by atoms with Crippen LogP contribution in [0.4, 0.5) is 4.39 Å². The summed E-state index contributed by atoms with van der Waals surface area (Å²) in [4.78, 5) is 26.3. The van der Waals surface area contributed by atoms with Crippen LogP contribution in [0, 0.1) is 12.7 Å². The van der Waals surface area contributed by atoms with Crippen LogP contribution in [0.5, 0.6) is 0 Å². The molecule has 2 amide bonds. The molecule has 2 aromatic carbocycles. The second-order valence-electron chi connectivity index (χ2n) is 6.58. The summed E-state index contributed by atoms with van der Waals surface area (Å²) in [6.45, 7) is 1.66. The fourth-order valence-electron chi connectivity index (χ4n) is 2.96. The van der Waals surface area contributed by atoms with Gasteiger partial charge in [-0.15, -0.1) is 11.3 Å². The Kier molecular flexibility index (Phi) is 5.83. The normalized spacial score (nSPS) is 10.7. The fraction of sp³-hybridized carbons (Fsp3) is 0.0455. The van der Waals surface area contributed by atoms with Crippen LogP contribution in [-0.4, -0.2) is 21.6 Å². The molecule has 0 unspecified atom stereocenters. The van der Waals surface area contributed by atoms with Gasteiger partial charge in [-0.05, 0) is 48.9 Å². The SMILES string of the molecule is Cc1nn(-c2ccccc2)c(Cl)c1C(=O)NNC(=O)c1ccc(-c2ccc(F)cc2)s1. The fourth-order valence-corrected chi connectivity index (χ4v) is 4.23. The van der Waals surface area contributed by atoms with Gasteiger partial charge < -0.3 is 0 Å². The number of hydrogen-bond acceptors (Lipinski definition) is 4. The van der Waals surface area contributed by atoms with Gasteiger partial charge in [-0.2, -0.15) is 5.10 Å². The molecule has 0 saturated heterocycles. The van der Waals surface area contributed by atoms with Gasteiger partial charge in [-0.3, -0.25) is 20.4 Å². The summed E-state index contributed by atoms with van der Waals surface area (Å²) >= 11 is 7.60. The average molecular weight is 455 g/mol. The highest BCUT2D eigenvalue weighted by Gasteiger charge is 2.22. The predicted molar refractivity (Wildman–Crippen MR) is 118 cm³/mol. The highest BCUT2D eigenvalue weighted by Crippen LogP contribution is 2.28. The highest BCUT2D eigenvalue weighted by atomic mass is 35.5. The molecule has 31 heavy (non-hydrogen) atoms. The molecule has 2 N–H and O–H groups in total. The van der Waals surface area contributed by atoms with Crippen LogP contribution in [0.2, 0.25) is 5.15 Å². The Morgan fingerprint density at radius 3 is 2.35 bits per heavy atom. The van der Waals surface area contributed by atoms with Crippen molar-refractivity contribution in [3.8, 4) is 16.1 Å². The molecule has 0 spiro atoms. The Morgan fingerprint density at radius 2 is 1.65 bits per heavy atom. The van der Waals surface area contributed by atoms with Crippen LogP contribution in [0.3, 0.4) is 0 Å². The van der Waals surface area contributed by atoms with Gasteiger partial charge in [-0.25, -0.2) is 9.07 Å². The van der Waals surface area contributed by atoms with Crippen molar-refractivity contribution in [1.82, 2.24) is 20.6 Å². The maximum absolute atomic E-state index is 13.1. The van der Waals surface area contributed by atoms with Gasteiger partial charge in [0.25, 0.3) is 11.8 Å². The topological polar surface area (TPSA) is 76.0 Å². The number of benzene rings is 2. The molecule has 0 fully saturated rings. The number of thiophene rings is 1. The van der Waals surface area contributed by atoms with Crippen molar-refractivity contribution >= 4 is 34.8 Å². The zero-order chi connectivity index (χ0) is 22.0. The molecular weight excluding hydrogens is 439 g/mol. The van der Waals surface area contributed by atoms with E-state index < -0.39 is 11.8 Å². The number of hydrazine groups is 1. The highest BCUT2D eigenvalue weighted by molar-refractivity contribution is 7.17. The first kappa shape index (κ1) is 20.8. The molecule has 9 heteroatoms. The smallest absolute Gasteiger partial charge is 0.267 e. The quantitative estimate of drug-likeness (QED) is 0.436. The summed E-state index contributed by atoms with van der Waals surface area (Å²) in [6.07, 6.45) is 0. The molecule has 2 heterocycles. The number of halogens is 2. The van der Waals surface area contributed by atoms with Gasteiger partial charge in [-0.1, -0.05) is 41.9 Å². The zero-order valence-electron chi connectivity index (χ0n) is 16.2. The second-order valence-corrected chi connectivity index (χ2v) is 8.02. The molecule has 0 aliphatic carbocycles. The maximum atomic E-state index is 13.1. The lowest BCUT2D eigenvalue weighted by Crippen LogP contribution is -2.41. The van der Waals surface area contributed by atoms with Crippen LogP contribution in [0.25, 0.3) is 16.1 Å². The number of para-hydroxylation sites is 1. The lowest BCUT2D eigenvalue weighted by molar-refractivity contribution is 0.0848. The summed E-state index contributed by atoms with van der Waals surface area (Å²) in [5.74, 6) is -1.38. The van der Waals surface area contributed by atoms with Gasteiger partial charge in [0, 0.05) is 4.88 Å². The Morgan fingerprint density at radius 1 is 0.968 bits per heavy atom. The van der Waals surface area contributed by atoms with Crippen molar-refractivity contribution in [2.75, 3.05) is 0 Å². The Balaban J connectivity index is 1.45. The molecule has 0 radical (unpaired) electrons. The van der Waals surface area contributed by atoms with E-state index in [2.05, 4.69) is 16.0 Å². The number of amides is 2. The molecule has 156 valence electrons. The molecule has 0 atom stereocenters. The van der Waals surface area contributed by atoms with E-state index in [9.17, 15) is 14.0 Å². The van der Waals surface area contributed by atoms with E-state index in [0.29, 0.717) is 16.3 Å². The lowest BCUT2D eigenvalue weighted by Gasteiger charge is -2.06. The molecular formula is C22H16ClFN4O2S. The largest absolute Gasteiger partial charge is 0.279 e. The average Bonchev–Trinajstić information content (AvgIpc) is 3.38. The summed E-state index contributed by atoms with van der Waals surface area (Å²) in [6, 6.07) is 18.6. The number of nitrogens with one attached hydrogen (secondary N) is 2. The number of aryl methyl sites for hydroxylation is 1. The third-order valence-corrected chi connectivity index (χ3v) is 5.96. The van der Waals surface area contributed by atoms with Crippen molar-refractivity contribution in [3.63, 3.8) is 0 Å². The van der Waals surface area contributed by atoms with E-state index in [1.54, 1.807) is 31.2 Å². The van der Waals surface area contributed by atoms with Crippen molar-refractivity contribution in [2.24, 2.45) is 0 Å². The number of carbonyl (C=O) groups excluding carboxylic acids is 2. The van der Waals surface area contributed by atoms with E-state index in [-0.39, 0.29) is 16.5 Å². The molecule has 6 nitrogen and oxygen atoms in total. The van der Waals surface area contributed by atoms with Crippen LogP contribution in [0.15, 0.2) is 66.7 Å². The summed E-state index contributed by atoms with van der Waals surface area (Å²) in [5, 5.41) is 4.46. The van der Waals surface area contributed by atoms with Gasteiger partial charge in [0.05, 0.1) is 16.3 Å². The van der Waals surface area contributed by atoms with E-state index in [1.807, 2.05) is 30.3 Å². The van der Waals surface area contributed by atoms with E-state index >= 15 is 0 Å². The molecule has 4 aromatic rings. The molecule has 0 bridgehead atoms. The summed E-state index contributed by atoms with van der Waals surface area (Å²) in [7, 11) is 0.